The van der Waals surface area contributed by atoms with Gasteiger partial charge < -0.3 is 10.1 Å². The molecule has 1 N–H and O–H groups in total. The number of hydrogen-bond acceptors (Lipinski definition) is 4. The minimum absolute atomic E-state index is 0.101. The van der Waals surface area contributed by atoms with Crippen molar-refractivity contribution in [3.05, 3.63) is 0 Å². The highest BCUT2D eigenvalue weighted by Gasteiger charge is 2.35. The monoisotopic (exact) mass is 270 g/mol. The van der Waals surface area contributed by atoms with Gasteiger partial charge in [-0.1, -0.05) is 32.5 Å². The number of nitrogens with one attached hydrogen (secondary N) is 1. The van der Waals surface area contributed by atoms with E-state index in [2.05, 4.69) is 26.1 Å². The van der Waals surface area contributed by atoms with E-state index in [1.807, 2.05) is 11.8 Å². The molecule has 0 aromatic carbocycles. The maximum absolute atomic E-state index is 6.01. The van der Waals surface area contributed by atoms with Crippen molar-refractivity contribution in [1.82, 2.24) is 5.32 Å². The Hall–Kier alpha value is -0.220. The topological polar surface area (TPSA) is 33.6 Å². The Kier molecular flexibility index (Phi) is 4.96. The van der Waals surface area contributed by atoms with Gasteiger partial charge in [-0.25, -0.2) is 0 Å². The summed E-state index contributed by atoms with van der Waals surface area (Å²) in [6.07, 6.45) is 5.60. The van der Waals surface area contributed by atoms with E-state index in [9.17, 15) is 0 Å². The van der Waals surface area contributed by atoms with Crippen LogP contribution in [0.1, 0.15) is 52.9 Å². The van der Waals surface area contributed by atoms with Crippen molar-refractivity contribution < 1.29 is 4.74 Å². The maximum atomic E-state index is 6.01. The molecular formula is C14H26N2OS. The molecule has 4 heteroatoms. The highest BCUT2D eigenvalue weighted by atomic mass is 32.2. The molecule has 0 aromatic heterocycles. The fraction of sp³-hybridized carbons (Fsp3) is 0.929. The summed E-state index contributed by atoms with van der Waals surface area (Å²) in [5.41, 5.74) is 0.101. The molecule has 0 spiro atoms. The van der Waals surface area contributed by atoms with Crippen LogP contribution in [0.25, 0.3) is 0 Å². The summed E-state index contributed by atoms with van der Waals surface area (Å²) in [6.45, 7) is 7.57. The Bertz CT molecular complexity index is 302. The predicted octanol–water partition coefficient (Wildman–Crippen LogP) is 3.20. The van der Waals surface area contributed by atoms with Gasteiger partial charge in [-0.2, -0.15) is 0 Å². The van der Waals surface area contributed by atoms with Gasteiger partial charge in [-0.15, -0.1) is 0 Å². The van der Waals surface area contributed by atoms with Gasteiger partial charge in [-0.05, 0) is 32.1 Å². The molecule has 2 aliphatic heterocycles. The molecule has 2 rings (SSSR count). The lowest BCUT2D eigenvalue weighted by molar-refractivity contribution is -0.0909. The molecule has 3 nitrogen and oxygen atoms in total. The van der Waals surface area contributed by atoms with Crippen LogP contribution in [0, 0.1) is 0 Å². The summed E-state index contributed by atoms with van der Waals surface area (Å²) in [4.78, 5) is 4.73. The van der Waals surface area contributed by atoms with Crippen LogP contribution < -0.4 is 5.32 Å². The minimum Gasteiger partial charge on any atom is -0.375 e. The third kappa shape index (κ3) is 3.21. The zero-order chi connectivity index (χ0) is 13.0. The Balaban J connectivity index is 1.90. The predicted molar refractivity (Wildman–Crippen MR) is 79.4 cm³/mol. The van der Waals surface area contributed by atoms with Crippen molar-refractivity contribution in [2.24, 2.45) is 4.99 Å². The Morgan fingerprint density at radius 2 is 2.17 bits per heavy atom. The number of thioether (sulfide) groups is 1. The van der Waals surface area contributed by atoms with Crippen LogP contribution in [0.4, 0.5) is 0 Å². The van der Waals surface area contributed by atoms with E-state index in [4.69, 9.17) is 9.73 Å². The van der Waals surface area contributed by atoms with Gasteiger partial charge in [0, 0.05) is 18.4 Å². The van der Waals surface area contributed by atoms with Crippen LogP contribution in [0.5, 0.6) is 0 Å². The Labute approximate surface area is 115 Å². The first-order valence-corrected chi connectivity index (χ1v) is 8.31. The second-order valence-electron chi connectivity index (χ2n) is 5.38. The molecule has 1 saturated heterocycles. The molecule has 0 aromatic rings. The minimum atomic E-state index is 0.101. The van der Waals surface area contributed by atoms with Crippen LogP contribution in [0.3, 0.4) is 0 Å². The summed E-state index contributed by atoms with van der Waals surface area (Å²) in [7, 11) is 0. The van der Waals surface area contributed by atoms with Crippen LogP contribution in [-0.2, 0) is 4.74 Å². The second kappa shape index (κ2) is 6.29. The molecule has 104 valence electrons. The molecule has 1 fully saturated rings. The van der Waals surface area contributed by atoms with E-state index in [0.717, 1.165) is 49.6 Å². The van der Waals surface area contributed by atoms with Gasteiger partial charge in [0.2, 0.25) is 0 Å². The molecular weight excluding hydrogens is 244 g/mol. The third-order valence-corrected chi connectivity index (χ3v) is 5.34. The summed E-state index contributed by atoms with van der Waals surface area (Å²) >= 11 is 1.88. The summed E-state index contributed by atoms with van der Waals surface area (Å²) in [5.74, 6) is 1.15. The standard InChI is InChI=1S/C14H26N2OS/c1-4-11-10-18-13(15-11)16-12-7-8-17-14(5-2,6-3)9-12/h11-12H,4-10H2,1-3H3,(H,15,16). The Morgan fingerprint density at radius 3 is 2.78 bits per heavy atom. The van der Waals surface area contributed by atoms with Gasteiger partial charge in [-0.3, -0.25) is 4.99 Å². The molecule has 0 amide bonds. The number of aliphatic imine (C=N–C) groups is 1. The van der Waals surface area contributed by atoms with Crippen LogP contribution in [-0.4, -0.2) is 35.2 Å². The fourth-order valence-electron chi connectivity index (χ4n) is 2.77. The largest absolute Gasteiger partial charge is 0.375 e. The van der Waals surface area contributed by atoms with E-state index < -0.39 is 0 Å². The van der Waals surface area contributed by atoms with Gasteiger partial charge in [0.15, 0.2) is 5.17 Å². The van der Waals surface area contributed by atoms with Gasteiger partial charge in [0.25, 0.3) is 0 Å². The first-order chi connectivity index (χ1) is 8.71. The molecule has 0 saturated carbocycles. The zero-order valence-electron chi connectivity index (χ0n) is 11.9. The summed E-state index contributed by atoms with van der Waals surface area (Å²) in [5, 5.41) is 4.80. The fourth-order valence-corrected chi connectivity index (χ4v) is 3.91. The number of hydrogen-bond donors (Lipinski definition) is 1. The number of ether oxygens (including phenoxy) is 1. The first kappa shape index (κ1) is 14.2. The van der Waals surface area contributed by atoms with Crippen molar-refractivity contribution >= 4 is 16.9 Å². The van der Waals surface area contributed by atoms with Gasteiger partial charge in [0.05, 0.1) is 11.6 Å². The SMILES string of the molecule is CCC1CSC(NC2CCOC(CC)(CC)C2)=N1. The van der Waals surface area contributed by atoms with Crippen molar-refractivity contribution in [1.29, 1.82) is 0 Å². The quantitative estimate of drug-likeness (QED) is 0.852. The van der Waals surface area contributed by atoms with Crippen LogP contribution >= 0.6 is 11.8 Å². The van der Waals surface area contributed by atoms with E-state index in [0.29, 0.717) is 12.1 Å². The van der Waals surface area contributed by atoms with Crippen molar-refractivity contribution in [2.45, 2.75) is 70.6 Å². The van der Waals surface area contributed by atoms with E-state index >= 15 is 0 Å². The smallest absolute Gasteiger partial charge is 0.157 e. The molecule has 2 atom stereocenters. The number of amidine groups is 1. The van der Waals surface area contributed by atoms with Crippen molar-refractivity contribution in [2.75, 3.05) is 12.4 Å². The summed E-state index contributed by atoms with van der Waals surface area (Å²) in [6, 6.07) is 1.07. The number of nitrogens with zero attached hydrogens (tertiary/aromatic N) is 1. The van der Waals surface area contributed by atoms with E-state index in [1.54, 1.807) is 0 Å². The Morgan fingerprint density at radius 1 is 1.39 bits per heavy atom. The molecule has 2 aliphatic rings. The molecule has 0 bridgehead atoms. The highest BCUT2D eigenvalue weighted by molar-refractivity contribution is 8.14. The lowest BCUT2D eigenvalue weighted by Crippen LogP contribution is -2.47. The van der Waals surface area contributed by atoms with Crippen LogP contribution in [0.2, 0.25) is 0 Å². The lowest BCUT2D eigenvalue weighted by Gasteiger charge is -2.40. The van der Waals surface area contributed by atoms with Gasteiger partial charge in [0.1, 0.15) is 0 Å². The zero-order valence-corrected chi connectivity index (χ0v) is 12.7. The average molecular weight is 270 g/mol. The molecule has 0 radical (unpaired) electrons. The van der Waals surface area contributed by atoms with E-state index in [-0.39, 0.29) is 5.60 Å². The average Bonchev–Trinajstić information content (AvgIpc) is 2.86. The maximum Gasteiger partial charge on any atom is 0.157 e. The molecule has 18 heavy (non-hydrogen) atoms. The summed E-state index contributed by atoms with van der Waals surface area (Å²) < 4.78 is 6.01. The highest BCUT2D eigenvalue weighted by Crippen LogP contribution is 2.32. The van der Waals surface area contributed by atoms with Crippen molar-refractivity contribution in [3.8, 4) is 0 Å². The molecule has 2 unspecified atom stereocenters. The third-order valence-electron chi connectivity index (χ3n) is 4.29. The first-order valence-electron chi connectivity index (χ1n) is 7.32. The molecule has 0 aliphatic carbocycles. The van der Waals surface area contributed by atoms with Crippen molar-refractivity contribution in [3.63, 3.8) is 0 Å². The normalized spacial score (nSPS) is 31.2. The van der Waals surface area contributed by atoms with Gasteiger partial charge >= 0.3 is 0 Å². The van der Waals surface area contributed by atoms with E-state index in [1.165, 1.54) is 0 Å². The second-order valence-corrected chi connectivity index (χ2v) is 6.39. The number of rotatable bonds is 4. The molecule has 2 heterocycles. The lowest BCUT2D eigenvalue weighted by atomic mass is 9.86. The van der Waals surface area contributed by atoms with Crippen LogP contribution in [0.15, 0.2) is 4.99 Å².